The summed E-state index contributed by atoms with van der Waals surface area (Å²) in [6.45, 7) is 10.9. The van der Waals surface area contributed by atoms with Crippen molar-refractivity contribution in [3.05, 3.63) is 12.6 Å². The van der Waals surface area contributed by atoms with Gasteiger partial charge in [0.05, 0.1) is 11.2 Å². The molecule has 0 bridgehead atoms. The Labute approximate surface area is 75.9 Å². The minimum atomic E-state index is -0.813. The lowest BCUT2D eigenvalue weighted by molar-refractivity contribution is -0.104. The first-order valence-electron chi connectivity index (χ1n) is 4.22. The summed E-state index contributed by atoms with van der Waals surface area (Å²) < 4.78 is 5.34. The first kappa shape index (κ1) is 11.7. The van der Waals surface area contributed by atoms with Gasteiger partial charge in [-0.15, -0.1) is 6.58 Å². The monoisotopic (exact) mass is 169 g/mol. The Morgan fingerprint density at radius 3 is 2.33 bits per heavy atom. The van der Waals surface area contributed by atoms with E-state index in [2.05, 4.69) is 6.58 Å². The molecule has 1 atom stereocenters. The minimum Gasteiger partial charge on any atom is -0.427 e. The highest BCUT2D eigenvalue weighted by molar-refractivity contribution is 6.34. The number of rotatable bonds is 5. The van der Waals surface area contributed by atoms with Crippen molar-refractivity contribution in [1.29, 1.82) is 0 Å². The van der Waals surface area contributed by atoms with Gasteiger partial charge in [0.2, 0.25) is 0 Å². The van der Waals surface area contributed by atoms with Gasteiger partial charge in [-0.25, -0.2) is 0 Å². The van der Waals surface area contributed by atoms with Gasteiger partial charge in [0.1, 0.15) is 0 Å². The molecule has 1 N–H and O–H groups in total. The molecule has 0 spiro atoms. The molecule has 0 aromatic heterocycles. The summed E-state index contributed by atoms with van der Waals surface area (Å²) in [5.74, 6) is 1.56. The molecule has 12 heavy (non-hydrogen) atoms. The summed E-state index contributed by atoms with van der Waals surface area (Å²) in [7, 11) is 1.50. The molecular formula is C9H18BO2. The molecule has 0 saturated heterocycles. The zero-order chi connectivity index (χ0) is 9.83. The molecule has 0 aliphatic heterocycles. The van der Waals surface area contributed by atoms with E-state index in [9.17, 15) is 5.11 Å². The Kier molecular flexibility index (Phi) is 4.01. The second kappa shape index (κ2) is 4.10. The van der Waals surface area contributed by atoms with Crippen molar-refractivity contribution in [3.8, 4) is 0 Å². The first-order valence-corrected chi connectivity index (χ1v) is 4.22. The standard InChI is InChI=1S/C9H18BO2/c1-6-9(5,11)8(3,4)12-10-7-2/h7,11H,2,6H2,1,3-5H3. The predicted octanol–water partition coefficient (Wildman–Crippen LogP) is 1.71. The van der Waals surface area contributed by atoms with Gasteiger partial charge in [0.25, 0.3) is 0 Å². The van der Waals surface area contributed by atoms with E-state index >= 15 is 0 Å². The molecule has 0 fully saturated rings. The molecule has 69 valence electrons. The zero-order valence-corrected chi connectivity index (χ0v) is 8.42. The zero-order valence-electron chi connectivity index (χ0n) is 8.42. The van der Waals surface area contributed by atoms with Gasteiger partial charge in [0, 0.05) is 0 Å². The van der Waals surface area contributed by atoms with Crippen LogP contribution in [0.2, 0.25) is 0 Å². The quantitative estimate of drug-likeness (QED) is 0.634. The maximum absolute atomic E-state index is 9.90. The summed E-state index contributed by atoms with van der Waals surface area (Å²) >= 11 is 0. The van der Waals surface area contributed by atoms with Crippen molar-refractivity contribution in [3.63, 3.8) is 0 Å². The fourth-order valence-corrected chi connectivity index (χ4v) is 0.771. The number of hydrogen-bond donors (Lipinski definition) is 1. The van der Waals surface area contributed by atoms with Gasteiger partial charge in [-0.05, 0) is 27.2 Å². The number of aliphatic hydroxyl groups is 1. The van der Waals surface area contributed by atoms with Gasteiger partial charge in [0.15, 0.2) is 0 Å². The van der Waals surface area contributed by atoms with Crippen LogP contribution in [0.25, 0.3) is 0 Å². The summed E-state index contributed by atoms with van der Waals surface area (Å²) in [4.78, 5) is 0. The molecule has 0 rings (SSSR count). The van der Waals surface area contributed by atoms with Crippen LogP contribution >= 0.6 is 0 Å². The van der Waals surface area contributed by atoms with Crippen molar-refractivity contribution in [2.75, 3.05) is 0 Å². The topological polar surface area (TPSA) is 29.5 Å². The van der Waals surface area contributed by atoms with Crippen LogP contribution in [-0.2, 0) is 4.65 Å². The van der Waals surface area contributed by atoms with E-state index in [-0.39, 0.29) is 0 Å². The summed E-state index contributed by atoms with van der Waals surface area (Å²) in [5.41, 5.74) is -1.39. The Morgan fingerprint density at radius 1 is 1.50 bits per heavy atom. The molecular weight excluding hydrogens is 151 g/mol. The Bertz CT molecular complexity index is 153. The SMILES string of the molecule is C=C[B]OC(C)(C)C(C)(O)CC. The van der Waals surface area contributed by atoms with Gasteiger partial charge < -0.3 is 9.76 Å². The minimum absolute atomic E-state index is 0.573. The van der Waals surface area contributed by atoms with Crippen molar-refractivity contribution in [2.45, 2.75) is 45.3 Å². The molecule has 0 heterocycles. The molecule has 1 radical (unpaired) electrons. The summed E-state index contributed by atoms with van der Waals surface area (Å²) in [6, 6.07) is 0. The van der Waals surface area contributed by atoms with Crippen molar-refractivity contribution in [1.82, 2.24) is 0 Å². The van der Waals surface area contributed by atoms with Crippen LogP contribution in [0.15, 0.2) is 12.6 Å². The van der Waals surface area contributed by atoms with Crippen LogP contribution in [0.1, 0.15) is 34.1 Å². The van der Waals surface area contributed by atoms with E-state index in [4.69, 9.17) is 4.65 Å². The third-order valence-electron chi connectivity index (χ3n) is 2.44. The molecule has 0 aromatic carbocycles. The van der Waals surface area contributed by atoms with E-state index in [0.29, 0.717) is 6.42 Å². The largest absolute Gasteiger partial charge is 0.427 e. The van der Waals surface area contributed by atoms with Crippen molar-refractivity contribution >= 4 is 7.48 Å². The van der Waals surface area contributed by atoms with E-state index in [1.54, 1.807) is 12.9 Å². The van der Waals surface area contributed by atoms with Gasteiger partial charge in [-0.3, -0.25) is 0 Å². The molecule has 0 aliphatic carbocycles. The second-order valence-electron chi connectivity index (χ2n) is 3.63. The van der Waals surface area contributed by atoms with E-state index in [0.717, 1.165) is 0 Å². The highest BCUT2D eigenvalue weighted by Crippen LogP contribution is 2.27. The molecule has 0 aliphatic rings. The highest BCUT2D eigenvalue weighted by Gasteiger charge is 2.37. The lowest BCUT2D eigenvalue weighted by atomic mass is 9.83. The van der Waals surface area contributed by atoms with Crippen LogP contribution in [0.4, 0.5) is 0 Å². The van der Waals surface area contributed by atoms with Gasteiger partial charge in [-0.1, -0.05) is 12.9 Å². The van der Waals surface area contributed by atoms with Crippen molar-refractivity contribution < 1.29 is 9.76 Å². The third-order valence-corrected chi connectivity index (χ3v) is 2.44. The van der Waals surface area contributed by atoms with Crippen LogP contribution in [0, 0.1) is 0 Å². The van der Waals surface area contributed by atoms with Gasteiger partial charge in [-0.2, -0.15) is 0 Å². The maximum atomic E-state index is 9.90. The molecule has 0 saturated carbocycles. The Hall–Kier alpha value is -0.275. The van der Waals surface area contributed by atoms with Crippen LogP contribution < -0.4 is 0 Å². The number of hydrogen-bond acceptors (Lipinski definition) is 2. The lowest BCUT2D eigenvalue weighted by Crippen LogP contribution is -2.49. The van der Waals surface area contributed by atoms with Crippen LogP contribution in [0.5, 0.6) is 0 Å². The molecule has 3 heteroatoms. The second-order valence-corrected chi connectivity index (χ2v) is 3.63. The molecule has 0 amide bonds. The highest BCUT2D eigenvalue weighted by atomic mass is 16.5. The molecule has 2 nitrogen and oxygen atoms in total. The molecule has 0 aromatic rings. The van der Waals surface area contributed by atoms with E-state index in [1.165, 1.54) is 7.48 Å². The smallest absolute Gasteiger partial charge is 0.322 e. The summed E-state index contributed by atoms with van der Waals surface area (Å²) in [5, 5.41) is 9.90. The van der Waals surface area contributed by atoms with Gasteiger partial charge >= 0.3 is 7.48 Å². The fourth-order valence-electron chi connectivity index (χ4n) is 0.771. The fraction of sp³-hybridized carbons (Fsp3) is 0.778. The lowest BCUT2D eigenvalue weighted by Gasteiger charge is -2.39. The Morgan fingerprint density at radius 2 is 2.00 bits per heavy atom. The van der Waals surface area contributed by atoms with E-state index < -0.39 is 11.2 Å². The summed E-state index contributed by atoms with van der Waals surface area (Å²) in [6.07, 6.45) is 0.658. The average molecular weight is 169 g/mol. The van der Waals surface area contributed by atoms with Crippen LogP contribution in [0.3, 0.4) is 0 Å². The third kappa shape index (κ3) is 2.65. The predicted molar refractivity (Wildman–Crippen MR) is 52.0 cm³/mol. The Balaban J connectivity index is 4.26. The molecule has 1 unspecified atom stereocenters. The average Bonchev–Trinajstić information content (AvgIpc) is 2.00. The van der Waals surface area contributed by atoms with Crippen molar-refractivity contribution in [2.24, 2.45) is 0 Å². The first-order chi connectivity index (χ1) is 5.37. The normalized spacial score (nSPS) is 16.8. The maximum Gasteiger partial charge on any atom is 0.322 e. The van der Waals surface area contributed by atoms with Crippen LogP contribution in [-0.4, -0.2) is 23.8 Å². The van der Waals surface area contributed by atoms with E-state index in [1.807, 2.05) is 20.8 Å².